The summed E-state index contributed by atoms with van der Waals surface area (Å²) in [5.74, 6) is -0.672. The second-order valence-electron chi connectivity index (χ2n) is 4.70. The number of aromatic hydroxyl groups is 1. The number of phenols is 1. The van der Waals surface area contributed by atoms with Crippen LogP contribution < -0.4 is 15.8 Å². The van der Waals surface area contributed by atoms with Crippen LogP contribution in [0.1, 0.15) is 0 Å². The molecule has 10 nitrogen and oxygen atoms in total. The van der Waals surface area contributed by atoms with Crippen LogP contribution in [0.15, 0.2) is 41.3 Å². The highest BCUT2D eigenvalue weighted by atomic mass is 35.5. The number of nitro benzene ring substituents is 1. The average Bonchev–Trinajstić information content (AvgIpc) is 2.49. The number of sulfonamides is 1. The number of primary amides is 1. The Hall–Kier alpha value is -3.05. The number of halogens is 1. The van der Waals surface area contributed by atoms with Crippen molar-refractivity contribution in [1.29, 1.82) is 0 Å². The molecule has 0 radical (unpaired) electrons. The van der Waals surface area contributed by atoms with Crippen LogP contribution in [0.4, 0.5) is 21.9 Å². The van der Waals surface area contributed by atoms with Crippen molar-refractivity contribution in [3.05, 3.63) is 51.5 Å². The molecular formula is C13H11ClN4O6S. The van der Waals surface area contributed by atoms with E-state index >= 15 is 0 Å². The topological polar surface area (TPSA) is 165 Å². The molecule has 25 heavy (non-hydrogen) atoms. The molecule has 2 aromatic rings. The quantitative estimate of drug-likeness (QED) is 0.454. The summed E-state index contributed by atoms with van der Waals surface area (Å²) in [7, 11) is -4.25. The number of carbonyl (C=O) groups excluding carboxylic acids is 1. The molecule has 0 bridgehead atoms. The minimum atomic E-state index is -4.25. The molecule has 0 spiro atoms. The molecule has 0 heterocycles. The van der Waals surface area contributed by atoms with Gasteiger partial charge in [-0.2, -0.15) is 0 Å². The standard InChI is InChI=1S/C13H11ClN4O6S/c14-9-3-1-7(16-13(15)20)5-10(9)17-25(23,24)8-2-4-12(19)11(6-8)18(21)22/h1-6,17,19H,(H3,15,16,20). The summed E-state index contributed by atoms with van der Waals surface area (Å²) in [6, 6.07) is 5.67. The van der Waals surface area contributed by atoms with Gasteiger partial charge in [0.2, 0.25) is 0 Å². The molecule has 2 amide bonds. The molecule has 0 unspecified atom stereocenters. The van der Waals surface area contributed by atoms with Crippen molar-refractivity contribution < 1.29 is 23.2 Å². The van der Waals surface area contributed by atoms with Gasteiger partial charge in [0.05, 0.1) is 20.5 Å². The van der Waals surface area contributed by atoms with Crippen molar-refractivity contribution >= 4 is 44.7 Å². The molecule has 0 aliphatic carbocycles. The van der Waals surface area contributed by atoms with Crippen molar-refractivity contribution in [2.24, 2.45) is 5.73 Å². The fourth-order valence-electron chi connectivity index (χ4n) is 1.84. The number of benzene rings is 2. The first-order chi connectivity index (χ1) is 11.6. The largest absolute Gasteiger partial charge is 0.502 e. The van der Waals surface area contributed by atoms with Crippen LogP contribution in [0.5, 0.6) is 5.75 Å². The zero-order valence-electron chi connectivity index (χ0n) is 12.3. The lowest BCUT2D eigenvalue weighted by Crippen LogP contribution is -2.19. The molecule has 2 aromatic carbocycles. The molecule has 0 aromatic heterocycles. The van der Waals surface area contributed by atoms with Gasteiger partial charge >= 0.3 is 11.7 Å². The average molecular weight is 387 g/mol. The van der Waals surface area contributed by atoms with Crippen molar-refractivity contribution in [3.63, 3.8) is 0 Å². The van der Waals surface area contributed by atoms with E-state index in [1.807, 2.05) is 0 Å². The lowest BCUT2D eigenvalue weighted by molar-refractivity contribution is -0.386. The van der Waals surface area contributed by atoms with Crippen LogP contribution in [0.25, 0.3) is 0 Å². The molecular weight excluding hydrogens is 376 g/mol. The molecule has 2 rings (SSSR count). The van der Waals surface area contributed by atoms with Gasteiger partial charge in [0.25, 0.3) is 10.0 Å². The van der Waals surface area contributed by atoms with E-state index < -0.39 is 37.3 Å². The Kier molecular flexibility index (Phi) is 4.99. The van der Waals surface area contributed by atoms with E-state index in [2.05, 4.69) is 10.0 Å². The Balaban J connectivity index is 2.41. The number of nitro groups is 1. The smallest absolute Gasteiger partial charge is 0.316 e. The number of urea groups is 1. The van der Waals surface area contributed by atoms with Crippen molar-refractivity contribution in [1.82, 2.24) is 0 Å². The molecule has 5 N–H and O–H groups in total. The fourth-order valence-corrected chi connectivity index (χ4v) is 3.15. The lowest BCUT2D eigenvalue weighted by Gasteiger charge is -2.11. The number of hydrogen-bond acceptors (Lipinski definition) is 6. The first-order valence-electron chi connectivity index (χ1n) is 6.46. The van der Waals surface area contributed by atoms with E-state index in [1.54, 1.807) is 0 Å². The van der Waals surface area contributed by atoms with Gasteiger partial charge in [-0.05, 0) is 30.3 Å². The Morgan fingerprint density at radius 1 is 1.24 bits per heavy atom. The first kappa shape index (κ1) is 18.3. The van der Waals surface area contributed by atoms with Gasteiger partial charge in [-0.25, -0.2) is 13.2 Å². The van der Waals surface area contributed by atoms with Gasteiger partial charge < -0.3 is 16.2 Å². The Labute approximate surface area is 146 Å². The highest BCUT2D eigenvalue weighted by Crippen LogP contribution is 2.31. The SMILES string of the molecule is NC(=O)Nc1ccc(Cl)c(NS(=O)(=O)c2ccc(O)c([N+](=O)[O-])c2)c1. The first-order valence-corrected chi connectivity index (χ1v) is 8.32. The maximum absolute atomic E-state index is 12.4. The summed E-state index contributed by atoms with van der Waals surface area (Å²) in [5, 5.41) is 22.5. The molecule has 0 atom stereocenters. The van der Waals surface area contributed by atoms with Gasteiger partial charge in [-0.15, -0.1) is 0 Å². The summed E-state index contributed by atoms with van der Waals surface area (Å²) in [6.45, 7) is 0. The van der Waals surface area contributed by atoms with E-state index in [0.29, 0.717) is 6.07 Å². The highest BCUT2D eigenvalue weighted by molar-refractivity contribution is 7.92. The Bertz CT molecular complexity index is 963. The van der Waals surface area contributed by atoms with Crippen molar-refractivity contribution in [2.75, 3.05) is 10.0 Å². The van der Waals surface area contributed by atoms with Crippen LogP contribution in [0, 0.1) is 10.1 Å². The van der Waals surface area contributed by atoms with Crippen LogP contribution in [0.2, 0.25) is 5.02 Å². The molecule has 0 aliphatic rings. The molecule has 12 heteroatoms. The molecule has 0 saturated carbocycles. The number of rotatable bonds is 5. The summed E-state index contributed by atoms with van der Waals surface area (Å²) < 4.78 is 26.9. The second-order valence-corrected chi connectivity index (χ2v) is 6.79. The van der Waals surface area contributed by atoms with Crippen molar-refractivity contribution in [2.45, 2.75) is 4.90 Å². The Morgan fingerprint density at radius 3 is 2.52 bits per heavy atom. The zero-order valence-corrected chi connectivity index (χ0v) is 13.8. The van der Waals surface area contributed by atoms with E-state index in [9.17, 15) is 28.4 Å². The van der Waals surface area contributed by atoms with E-state index in [0.717, 1.165) is 12.1 Å². The lowest BCUT2D eigenvalue weighted by atomic mass is 10.3. The number of carbonyl (C=O) groups is 1. The van der Waals surface area contributed by atoms with Crippen LogP contribution >= 0.6 is 11.6 Å². The van der Waals surface area contributed by atoms with E-state index in [4.69, 9.17) is 17.3 Å². The van der Waals surface area contributed by atoms with Crippen molar-refractivity contribution in [3.8, 4) is 5.75 Å². The van der Waals surface area contributed by atoms with Gasteiger partial charge in [-0.3, -0.25) is 14.8 Å². The summed E-state index contributed by atoms with van der Waals surface area (Å²) in [6.07, 6.45) is 0. The van der Waals surface area contributed by atoms with Crippen LogP contribution in [-0.2, 0) is 10.0 Å². The molecule has 132 valence electrons. The van der Waals surface area contributed by atoms with E-state index in [1.165, 1.54) is 18.2 Å². The molecule has 0 fully saturated rings. The maximum Gasteiger partial charge on any atom is 0.316 e. The number of phenolic OH excluding ortho intramolecular Hbond substituents is 1. The molecule has 0 aliphatic heterocycles. The number of nitrogens with two attached hydrogens (primary N) is 1. The maximum atomic E-state index is 12.4. The number of hydrogen-bond donors (Lipinski definition) is 4. The van der Waals surface area contributed by atoms with Gasteiger partial charge in [0, 0.05) is 11.8 Å². The van der Waals surface area contributed by atoms with Gasteiger partial charge in [-0.1, -0.05) is 11.6 Å². The van der Waals surface area contributed by atoms with Crippen LogP contribution in [-0.4, -0.2) is 24.5 Å². The zero-order chi connectivity index (χ0) is 18.8. The number of anilines is 2. The third kappa shape index (κ3) is 4.28. The number of amides is 2. The van der Waals surface area contributed by atoms with Gasteiger partial charge in [0.1, 0.15) is 0 Å². The predicted octanol–water partition coefficient (Wildman–Crippen LogP) is 2.25. The van der Waals surface area contributed by atoms with Gasteiger partial charge in [0.15, 0.2) is 5.75 Å². The highest BCUT2D eigenvalue weighted by Gasteiger charge is 2.22. The minimum Gasteiger partial charge on any atom is -0.502 e. The summed E-state index contributed by atoms with van der Waals surface area (Å²) in [4.78, 5) is 20.3. The minimum absolute atomic E-state index is 0.0203. The summed E-state index contributed by atoms with van der Waals surface area (Å²) in [5.41, 5.74) is 4.32. The normalized spacial score (nSPS) is 10.9. The third-order valence-electron chi connectivity index (χ3n) is 2.93. The Morgan fingerprint density at radius 2 is 1.92 bits per heavy atom. The third-order valence-corrected chi connectivity index (χ3v) is 4.62. The summed E-state index contributed by atoms with van der Waals surface area (Å²) >= 11 is 5.91. The second kappa shape index (κ2) is 6.83. The predicted molar refractivity (Wildman–Crippen MR) is 90.2 cm³/mol. The fraction of sp³-hybridized carbons (Fsp3) is 0. The number of nitrogens with one attached hydrogen (secondary N) is 2. The van der Waals surface area contributed by atoms with Crippen LogP contribution in [0.3, 0.4) is 0 Å². The number of nitrogens with zero attached hydrogens (tertiary/aromatic N) is 1. The molecule has 0 saturated heterocycles. The monoisotopic (exact) mass is 386 g/mol. The van der Waals surface area contributed by atoms with E-state index in [-0.39, 0.29) is 16.4 Å².